The van der Waals surface area contributed by atoms with Gasteiger partial charge in [0, 0.05) is 24.4 Å². The Labute approximate surface area is 181 Å². The van der Waals surface area contributed by atoms with E-state index in [1.807, 2.05) is 20.2 Å². The number of aromatic nitrogens is 2. The molecular weight excluding hydrogens is 416 g/mol. The molecule has 0 fully saturated rings. The fourth-order valence-electron chi connectivity index (χ4n) is 2.94. The van der Waals surface area contributed by atoms with Gasteiger partial charge in [0.2, 0.25) is 0 Å². The van der Waals surface area contributed by atoms with Crippen LogP contribution in [0.4, 0.5) is 0 Å². The lowest BCUT2D eigenvalue weighted by Gasteiger charge is -2.08. The fraction of sp³-hybridized carbons (Fsp3) is 0.217. The van der Waals surface area contributed by atoms with Crippen molar-refractivity contribution in [2.45, 2.75) is 18.2 Å². The zero-order chi connectivity index (χ0) is 22.4. The van der Waals surface area contributed by atoms with Gasteiger partial charge in [-0.05, 0) is 42.3 Å². The number of carboxylic acids is 1. The number of nitrogens with zero attached hydrogens (tertiary/aromatic N) is 2. The highest BCUT2D eigenvalue weighted by molar-refractivity contribution is 7.91. The van der Waals surface area contributed by atoms with Crippen molar-refractivity contribution in [1.29, 1.82) is 0 Å². The van der Waals surface area contributed by atoms with Crippen molar-refractivity contribution in [2.24, 2.45) is 7.05 Å². The van der Waals surface area contributed by atoms with Crippen LogP contribution in [-0.2, 0) is 21.7 Å². The van der Waals surface area contributed by atoms with Crippen LogP contribution in [0.3, 0.4) is 0 Å². The summed E-state index contributed by atoms with van der Waals surface area (Å²) in [6.07, 6.45) is 4.10. The Morgan fingerprint density at radius 3 is 2.65 bits per heavy atom. The summed E-state index contributed by atoms with van der Waals surface area (Å²) in [5.41, 5.74) is 2.75. The van der Waals surface area contributed by atoms with E-state index in [1.165, 1.54) is 0 Å². The Balaban J connectivity index is 1.99. The van der Waals surface area contributed by atoms with Crippen LogP contribution in [0.1, 0.15) is 24.5 Å². The molecule has 0 saturated carbocycles. The fourth-order valence-corrected chi connectivity index (χ4v) is 4.30. The first-order valence-corrected chi connectivity index (χ1v) is 11.3. The minimum absolute atomic E-state index is 0.0736. The summed E-state index contributed by atoms with van der Waals surface area (Å²) < 4.78 is 31.7. The van der Waals surface area contributed by atoms with Gasteiger partial charge in [-0.3, -0.25) is 4.68 Å². The van der Waals surface area contributed by atoms with Crippen molar-refractivity contribution in [1.82, 2.24) is 9.78 Å². The lowest BCUT2D eigenvalue weighted by Crippen LogP contribution is -2.10. The van der Waals surface area contributed by atoms with E-state index in [1.54, 1.807) is 53.3 Å². The average molecular weight is 439 g/mol. The Bertz CT molecular complexity index is 1270. The van der Waals surface area contributed by atoms with Crippen molar-refractivity contribution in [3.63, 3.8) is 0 Å². The summed E-state index contributed by atoms with van der Waals surface area (Å²) in [6, 6.07) is 11.7. The molecule has 31 heavy (non-hydrogen) atoms. The first-order chi connectivity index (χ1) is 14.8. The summed E-state index contributed by atoms with van der Waals surface area (Å²) in [5, 5.41) is 13.1. The summed E-state index contributed by atoms with van der Waals surface area (Å²) >= 11 is 0. The zero-order valence-corrected chi connectivity index (χ0v) is 18.0. The molecule has 0 aliphatic carbocycles. The standard InChI is InChI=1S/C23H22N2O5S/c1-3-11-31(28,29)21-6-4-5-17(12-21)7-8-19-13-18(20-14-24-25(2)15-20)9-10-22(19)30-16-23(26)27/h4-6,9-10,12-15H,3,11,16H2,1-2H3,(H,26,27). The third-order valence-electron chi connectivity index (χ3n) is 4.38. The van der Waals surface area contributed by atoms with Gasteiger partial charge in [-0.15, -0.1) is 0 Å². The number of ether oxygens (including phenoxy) is 1. The van der Waals surface area contributed by atoms with Crippen LogP contribution in [-0.4, -0.2) is 41.6 Å². The number of sulfone groups is 1. The Morgan fingerprint density at radius 2 is 1.97 bits per heavy atom. The third kappa shape index (κ3) is 5.74. The number of hydrogen-bond acceptors (Lipinski definition) is 5. The SMILES string of the molecule is CCCS(=O)(=O)c1cccc(C#Cc2cc(-c3cnn(C)c3)ccc2OCC(=O)O)c1. The second kappa shape index (κ2) is 9.49. The summed E-state index contributed by atoms with van der Waals surface area (Å²) in [6.45, 7) is 1.32. The largest absolute Gasteiger partial charge is 0.481 e. The molecule has 0 bridgehead atoms. The molecular formula is C23H22N2O5S. The van der Waals surface area contributed by atoms with Gasteiger partial charge in [0.1, 0.15) is 5.75 Å². The number of carboxylic acid groups (broad SMARTS) is 1. The third-order valence-corrected chi connectivity index (χ3v) is 6.29. The molecule has 0 unspecified atom stereocenters. The van der Waals surface area contributed by atoms with Gasteiger partial charge >= 0.3 is 5.97 Å². The second-order valence-corrected chi connectivity index (χ2v) is 9.00. The monoisotopic (exact) mass is 438 g/mol. The Hall–Kier alpha value is -3.57. The van der Waals surface area contributed by atoms with Gasteiger partial charge < -0.3 is 9.84 Å². The smallest absolute Gasteiger partial charge is 0.341 e. The van der Waals surface area contributed by atoms with Crippen molar-refractivity contribution in [3.8, 4) is 28.7 Å². The number of aryl methyl sites for hydroxylation is 1. The molecule has 1 aromatic heterocycles. The molecule has 3 aromatic rings. The highest BCUT2D eigenvalue weighted by Gasteiger charge is 2.13. The Morgan fingerprint density at radius 1 is 1.16 bits per heavy atom. The van der Waals surface area contributed by atoms with Crippen molar-refractivity contribution in [3.05, 3.63) is 66.0 Å². The predicted octanol–water partition coefficient (Wildman–Crippen LogP) is 3.13. The molecule has 0 saturated heterocycles. The van der Waals surface area contributed by atoms with Crippen molar-refractivity contribution >= 4 is 15.8 Å². The van der Waals surface area contributed by atoms with E-state index >= 15 is 0 Å². The van der Waals surface area contributed by atoms with Crippen LogP contribution in [0.2, 0.25) is 0 Å². The van der Waals surface area contributed by atoms with Gasteiger partial charge in [-0.1, -0.05) is 30.9 Å². The van der Waals surface area contributed by atoms with Gasteiger partial charge in [0.25, 0.3) is 0 Å². The van der Waals surface area contributed by atoms with Crippen LogP contribution < -0.4 is 4.74 Å². The summed E-state index contributed by atoms with van der Waals surface area (Å²) in [5.74, 6) is 5.27. The molecule has 0 radical (unpaired) electrons. The first-order valence-electron chi connectivity index (χ1n) is 9.61. The Kier molecular flexibility index (Phi) is 6.78. The molecule has 160 valence electrons. The molecule has 1 heterocycles. The molecule has 7 nitrogen and oxygen atoms in total. The van der Waals surface area contributed by atoms with Crippen LogP contribution in [0, 0.1) is 11.8 Å². The van der Waals surface area contributed by atoms with Crippen LogP contribution >= 0.6 is 0 Å². The summed E-state index contributed by atoms with van der Waals surface area (Å²) in [7, 11) is -1.54. The quantitative estimate of drug-likeness (QED) is 0.569. The molecule has 0 aliphatic rings. The van der Waals surface area contributed by atoms with E-state index < -0.39 is 22.4 Å². The molecule has 3 rings (SSSR count). The number of rotatable bonds is 7. The first kappa shape index (κ1) is 22.1. The molecule has 2 aromatic carbocycles. The zero-order valence-electron chi connectivity index (χ0n) is 17.2. The highest BCUT2D eigenvalue weighted by Crippen LogP contribution is 2.26. The van der Waals surface area contributed by atoms with E-state index in [0.29, 0.717) is 23.3 Å². The van der Waals surface area contributed by atoms with E-state index in [9.17, 15) is 13.2 Å². The lowest BCUT2D eigenvalue weighted by atomic mass is 10.0. The van der Waals surface area contributed by atoms with Gasteiger partial charge in [-0.25, -0.2) is 13.2 Å². The lowest BCUT2D eigenvalue weighted by molar-refractivity contribution is -0.139. The summed E-state index contributed by atoms with van der Waals surface area (Å²) in [4.78, 5) is 11.1. The number of carbonyl (C=O) groups is 1. The van der Waals surface area contributed by atoms with E-state index in [2.05, 4.69) is 16.9 Å². The minimum Gasteiger partial charge on any atom is -0.481 e. The molecule has 0 aliphatic heterocycles. The number of hydrogen-bond donors (Lipinski definition) is 1. The van der Waals surface area contributed by atoms with Crippen LogP contribution in [0.5, 0.6) is 5.75 Å². The van der Waals surface area contributed by atoms with Crippen LogP contribution in [0.25, 0.3) is 11.1 Å². The highest BCUT2D eigenvalue weighted by atomic mass is 32.2. The minimum atomic E-state index is -3.35. The topological polar surface area (TPSA) is 98.5 Å². The maximum absolute atomic E-state index is 12.3. The van der Waals surface area contributed by atoms with E-state index in [0.717, 1.165) is 11.1 Å². The molecule has 0 atom stereocenters. The van der Waals surface area contributed by atoms with E-state index in [4.69, 9.17) is 9.84 Å². The maximum Gasteiger partial charge on any atom is 0.341 e. The van der Waals surface area contributed by atoms with Crippen LogP contribution in [0.15, 0.2) is 59.8 Å². The molecule has 0 spiro atoms. The van der Waals surface area contributed by atoms with E-state index in [-0.39, 0.29) is 10.6 Å². The van der Waals surface area contributed by atoms with Crippen molar-refractivity contribution in [2.75, 3.05) is 12.4 Å². The molecule has 0 amide bonds. The number of aliphatic carboxylic acids is 1. The van der Waals surface area contributed by atoms with Gasteiger partial charge in [0.05, 0.1) is 22.4 Å². The average Bonchev–Trinajstić information content (AvgIpc) is 3.17. The predicted molar refractivity (Wildman–Crippen MR) is 117 cm³/mol. The maximum atomic E-state index is 12.3. The second-order valence-electron chi connectivity index (χ2n) is 6.89. The normalized spacial score (nSPS) is 10.9. The van der Waals surface area contributed by atoms with Gasteiger partial charge in [0.15, 0.2) is 16.4 Å². The van der Waals surface area contributed by atoms with Gasteiger partial charge in [-0.2, -0.15) is 5.10 Å². The number of benzene rings is 2. The van der Waals surface area contributed by atoms with Crippen molar-refractivity contribution < 1.29 is 23.1 Å². The molecule has 8 heteroatoms. The molecule has 1 N–H and O–H groups in total.